The van der Waals surface area contributed by atoms with E-state index in [1.165, 1.54) is 6.07 Å². The highest BCUT2D eigenvalue weighted by atomic mass is 35.5. The molecule has 0 amide bonds. The predicted octanol–water partition coefficient (Wildman–Crippen LogP) is 3.80. The van der Waals surface area contributed by atoms with Gasteiger partial charge in [0.1, 0.15) is 5.75 Å². The first-order valence-corrected chi connectivity index (χ1v) is 8.96. The second-order valence-corrected chi connectivity index (χ2v) is 6.52. The van der Waals surface area contributed by atoms with Crippen LogP contribution in [0, 0.1) is 5.82 Å². The highest BCUT2D eigenvalue weighted by Crippen LogP contribution is 2.37. The number of rotatable bonds is 4. The van der Waals surface area contributed by atoms with Gasteiger partial charge in [0.15, 0.2) is 5.82 Å². The van der Waals surface area contributed by atoms with Gasteiger partial charge in [-0.25, -0.2) is 18.7 Å². The Hall–Kier alpha value is -2.51. The van der Waals surface area contributed by atoms with Crippen molar-refractivity contribution in [3.05, 3.63) is 47.2 Å². The summed E-state index contributed by atoms with van der Waals surface area (Å²) in [6.07, 6.45) is 0. The summed E-state index contributed by atoms with van der Waals surface area (Å²) < 4.78 is 32.8. The molecule has 1 aliphatic rings. The number of benzene rings is 2. The first-order valence-electron chi connectivity index (χ1n) is 8.58. The molecule has 1 aliphatic heterocycles. The summed E-state index contributed by atoms with van der Waals surface area (Å²) in [6.45, 7) is 2.11. The first-order chi connectivity index (χ1) is 13.2. The van der Waals surface area contributed by atoms with Crippen molar-refractivity contribution in [3.63, 3.8) is 0 Å². The number of nitrogens with zero attached hydrogens (tertiary/aromatic N) is 3. The van der Waals surface area contributed by atoms with Crippen LogP contribution in [0.25, 0.3) is 22.2 Å². The van der Waals surface area contributed by atoms with E-state index in [1.54, 1.807) is 30.3 Å². The maximum atomic E-state index is 14.9. The van der Waals surface area contributed by atoms with Gasteiger partial charge in [-0.2, -0.15) is 0 Å². The van der Waals surface area contributed by atoms with Crippen LogP contribution < -0.4 is 15.0 Å². The Morgan fingerprint density at radius 3 is 2.67 bits per heavy atom. The maximum absolute atomic E-state index is 14.9. The smallest absolute Gasteiger partial charge is 0.228 e. The van der Waals surface area contributed by atoms with Gasteiger partial charge < -0.3 is 15.0 Å². The fraction of sp³-hybridized carbons (Fsp3) is 0.263. The Kier molecular flexibility index (Phi) is 5.05. The summed E-state index contributed by atoms with van der Waals surface area (Å²) in [5.74, 6) is 0.174. The Bertz CT molecular complexity index is 979. The zero-order chi connectivity index (χ0) is 18.8. The van der Waals surface area contributed by atoms with Crippen molar-refractivity contribution in [2.75, 3.05) is 37.9 Å². The fourth-order valence-electron chi connectivity index (χ4n) is 3.20. The molecule has 8 heteroatoms. The molecule has 5 nitrogen and oxygen atoms in total. The standard InChI is InChI=1S/C19H17ClF2N4O/c20-13-5-6-14-16(17(13)22)18(12-3-1-2-4-15(12)27-11-21)25-19(24-14)26-9-7-23-8-10-26/h1-6,23H,7-11H2. The third kappa shape index (κ3) is 3.40. The quantitative estimate of drug-likeness (QED) is 0.734. The van der Waals surface area contributed by atoms with E-state index in [0.717, 1.165) is 26.2 Å². The topological polar surface area (TPSA) is 50.3 Å². The third-order valence-electron chi connectivity index (χ3n) is 4.49. The SMILES string of the molecule is FCOc1ccccc1-c1nc(N2CCNCC2)nc2ccc(Cl)c(F)c12. The fourth-order valence-corrected chi connectivity index (χ4v) is 3.35. The van der Waals surface area contributed by atoms with Crippen LogP contribution in [0.2, 0.25) is 5.02 Å². The van der Waals surface area contributed by atoms with Gasteiger partial charge in [0.25, 0.3) is 0 Å². The maximum Gasteiger partial charge on any atom is 0.228 e. The van der Waals surface area contributed by atoms with E-state index in [0.29, 0.717) is 22.7 Å². The van der Waals surface area contributed by atoms with Crippen LogP contribution in [-0.4, -0.2) is 43.0 Å². The largest absolute Gasteiger partial charge is 0.462 e. The number of ether oxygens (including phenoxy) is 1. The van der Waals surface area contributed by atoms with Crippen LogP contribution in [0.1, 0.15) is 0 Å². The highest BCUT2D eigenvalue weighted by Gasteiger charge is 2.21. The lowest BCUT2D eigenvalue weighted by atomic mass is 10.0. The number of aromatic nitrogens is 2. The summed E-state index contributed by atoms with van der Waals surface area (Å²) in [5.41, 5.74) is 1.25. The molecule has 1 aromatic heterocycles. The molecule has 1 N–H and O–H groups in total. The molecule has 4 rings (SSSR count). The van der Waals surface area contributed by atoms with E-state index in [-0.39, 0.29) is 16.2 Å². The Morgan fingerprint density at radius 2 is 1.89 bits per heavy atom. The summed E-state index contributed by atoms with van der Waals surface area (Å²) >= 11 is 6.00. The number of para-hydroxylation sites is 1. The van der Waals surface area contributed by atoms with E-state index in [2.05, 4.69) is 15.3 Å². The second-order valence-electron chi connectivity index (χ2n) is 6.11. The molecule has 1 saturated heterocycles. The number of piperazine rings is 1. The average Bonchev–Trinajstić information content (AvgIpc) is 2.71. The van der Waals surface area contributed by atoms with Gasteiger partial charge in [-0.3, -0.25) is 0 Å². The molecule has 1 fully saturated rings. The molecule has 2 aromatic carbocycles. The van der Waals surface area contributed by atoms with Crippen LogP contribution in [0.15, 0.2) is 36.4 Å². The van der Waals surface area contributed by atoms with Gasteiger partial charge in [0.05, 0.1) is 21.6 Å². The Labute approximate surface area is 159 Å². The molecule has 0 spiro atoms. The Balaban J connectivity index is 1.97. The van der Waals surface area contributed by atoms with Gasteiger partial charge >= 0.3 is 0 Å². The number of anilines is 1. The van der Waals surface area contributed by atoms with Crippen molar-refractivity contribution in [1.29, 1.82) is 0 Å². The summed E-state index contributed by atoms with van der Waals surface area (Å²) in [7, 11) is 0. The molecule has 0 radical (unpaired) electrons. The molecule has 2 heterocycles. The van der Waals surface area contributed by atoms with E-state index < -0.39 is 12.7 Å². The Morgan fingerprint density at radius 1 is 1.11 bits per heavy atom. The monoisotopic (exact) mass is 390 g/mol. The minimum atomic E-state index is -0.992. The molecule has 0 bridgehead atoms. The molecule has 0 atom stereocenters. The first kappa shape index (κ1) is 17.9. The molecule has 3 aromatic rings. The van der Waals surface area contributed by atoms with Crippen LogP contribution in [0.4, 0.5) is 14.7 Å². The number of hydrogen-bond donors (Lipinski definition) is 1. The summed E-state index contributed by atoms with van der Waals surface area (Å²) in [5, 5.41) is 3.44. The lowest BCUT2D eigenvalue weighted by Crippen LogP contribution is -2.44. The second kappa shape index (κ2) is 7.62. The molecule has 140 valence electrons. The molecule has 0 unspecified atom stereocenters. The minimum Gasteiger partial charge on any atom is -0.462 e. The molecule has 0 saturated carbocycles. The van der Waals surface area contributed by atoms with Crippen LogP contribution in [0.5, 0.6) is 5.75 Å². The lowest BCUT2D eigenvalue weighted by Gasteiger charge is -2.28. The van der Waals surface area contributed by atoms with E-state index >= 15 is 0 Å². The average molecular weight is 391 g/mol. The minimum absolute atomic E-state index is 0.0221. The predicted molar refractivity (Wildman–Crippen MR) is 102 cm³/mol. The molecule has 27 heavy (non-hydrogen) atoms. The number of alkyl halides is 1. The van der Waals surface area contributed by atoms with Gasteiger partial charge in [0.2, 0.25) is 12.8 Å². The lowest BCUT2D eigenvalue weighted by molar-refractivity contribution is 0.192. The number of halogens is 3. The van der Waals surface area contributed by atoms with Crippen molar-refractivity contribution in [1.82, 2.24) is 15.3 Å². The van der Waals surface area contributed by atoms with E-state index in [4.69, 9.17) is 16.3 Å². The van der Waals surface area contributed by atoms with E-state index in [1.807, 2.05) is 4.90 Å². The van der Waals surface area contributed by atoms with Crippen LogP contribution in [0.3, 0.4) is 0 Å². The van der Waals surface area contributed by atoms with E-state index in [9.17, 15) is 8.78 Å². The number of fused-ring (bicyclic) bond motifs is 1. The van der Waals surface area contributed by atoms with Crippen molar-refractivity contribution in [2.45, 2.75) is 0 Å². The zero-order valence-corrected chi connectivity index (χ0v) is 15.1. The van der Waals surface area contributed by atoms with Crippen molar-refractivity contribution in [2.24, 2.45) is 0 Å². The van der Waals surface area contributed by atoms with Gasteiger partial charge in [0, 0.05) is 31.7 Å². The van der Waals surface area contributed by atoms with Gasteiger partial charge in [-0.15, -0.1) is 0 Å². The third-order valence-corrected chi connectivity index (χ3v) is 4.79. The highest BCUT2D eigenvalue weighted by molar-refractivity contribution is 6.31. The normalized spacial score (nSPS) is 14.6. The molecular weight excluding hydrogens is 374 g/mol. The zero-order valence-electron chi connectivity index (χ0n) is 14.4. The number of hydrogen-bond acceptors (Lipinski definition) is 5. The van der Waals surface area contributed by atoms with Crippen molar-refractivity contribution in [3.8, 4) is 17.0 Å². The summed E-state index contributed by atoms with van der Waals surface area (Å²) in [4.78, 5) is 11.2. The molecule has 0 aliphatic carbocycles. The summed E-state index contributed by atoms with van der Waals surface area (Å²) in [6, 6.07) is 9.96. The van der Waals surface area contributed by atoms with Crippen molar-refractivity contribution < 1.29 is 13.5 Å². The van der Waals surface area contributed by atoms with Gasteiger partial charge in [-0.1, -0.05) is 23.7 Å². The van der Waals surface area contributed by atoms with Crippen molar-refractivity contribution >= 4 is 28.5 Å². The number of nitrogens with one attached hydrogen (secondary N) is 1. The van der Waals surface area contributed by atoms with Crippen LogP contribution in [-0.2, 0) is 0 Å². The van der Waals surface area contributed by atoms with Crippen LogP contribution >= 0.6 is 11.6 Å². The molecular formula is C19H17ClF2N4O. The van der Waals surface area contributed by atoms with Gasteiger partial charge in [-0.05, 0) is 24.3 Å².